The molecule has 0 radical (unpaired) electrons. The minimum atomic E-state index is -0.0104. The number of pyridine rings is 1. The van der Waals surface area contributed by atoms with E-state index in [1.807, 2.05) is 6.07 Å². The summed E-state index contributed by atoms with van der Waals surface area (Å²) in [6.07, 6.45) is 1.76. The van der Waals surface area contributed by atoms with E-state index in [0.717, 1.165) is 10.0 Å². The molecule has 0 amide bonds. The van der Waals surface area contributed by atoms with Crippen LogP contribution in [0.4, 0.5) is 0 Å². The highest BCUT2D eigenvalue weighted by atomic mass is 32.1. The zero-order valence-electron chi connectivity index (χ0n) is 9.25. The molecule has 0 fully saturated rings. The zero-order chi connectivity index (χ0) is 11.5. The lowest BCUT2D eigenvalue weighted by Gasteiger charge is -2.00. The summed E-state index contributed by atoms with van der Waals surface area (Å²) in [5.74, 6) is 0.388. The van der Waals surface area contributed by atoms with Crippen molar-refractivity contribution in [3.05, 3.63) is 44.8 Å². The van der Waals surface area contributed by atoms with Crippen LogP contribution in [-0.4, -0.2) is 14.8 Å². The van der Waals surface area contributed by atoms with Crippen molar-refractivity contribution in [1.29, 1.82) is 0 Å². The van der Waals surface area contributed by atoms with Crippen LogP contribution in [0, 0.1) is 0 Å². The van der Waals surface area contributed by atoms with Crippen LogP contribution in [0.3, 0.4) is 0 Å². The van der Waals surface area contributed by atoms with Gasteiger partial charge in [-0.15, -0.1) is 10.2 Å². The Morgan fingerprint density at radius 2 is 2.19 bits per heavy atom. The first kappa shape index (κ1) is 11.0. The number of nitrogens with zero attached hydrogens (tertiary/aromatic N) is 3. The second kappa shape index (κ2) is 4.57. The number of hydrogen-bond donors (Lipinski definition) is 0. The Morgan fingerprint density at radius 1 is 1.38 bits per heavy atom. The molecule has 2 aromatic rings. The standard InChI is InChI=1S/C11H13N3OS/c1-8(2)11-13-12-9(16-11)7-14-6-4-3-5-10(14)15/h3-6,8H,7H2,1-2H3. The molecule has 0 aliphatic heterocycles. The molecule has 0 saturated carbocycles. The normalized spacial score (nSPS) is 10.9. The van der Waals surface area contributed by atoms with Crippen LogP contribution in [0.2, 0.25) is 0 Å². The van der Waals surface area contributed by atoms with E-state index in [0.29, 0.717) is 12.5 Å². The molecule has 0 aliphatic rings. The van der Waals surface area contributed by atoms with E-state index in [1.165, 1.54) is 0 Å². The van der Waals surface area contributed by atoms with Crippen LogP contribution in [-0.2, 0) is 6.54 Å². The van der Waals surface area contributed by atoms with Gasteiger partial charge in [0.25, 0.3) is 5.56 Å². The van der Waals surface area contributed by atoms with Gasteiger partial charge in [0, 0.05) is 18.2 Å². The summed E-state index contributed by atoms with van der Waals surface area (Å²) in [6, 6.07) is 5.12. The molecule has 2 heterocycles. The highest BCUT2D eigenvalue weighted by molar-refractivity contribution is 7.11. The summed E-state index contributed by atoms with van der Waals surface area (Å²) < 4.78 is 1.63. The zero-order valence-corrected chi connectivity index (χ0v) is 10.1. The second-order valence-electron chi connectivity index (χ2n) is 3.86. The minimum absolute atomic E-state index is 0.0104. The minimum Gasteiger partial charge on any atom is -0.309 e. The summed E-state index contributed by atoms with van der Waals surface area (Å²) in [5.41, 5.74) is -0.0104. The molecule has 0 unspecified atom stereocenters. The molecule has 2 aromatic heterocycles. The Hall–Kier alpha value is -1.49. The average molecular weight is 235 g/mol. The smallest absolute Gasteiger partial charge is 0.250 e. The van der Waals surface area contributed by atoms with E-state index < -0.39 is 0 Å². The van der Waals surface area contributed by atoms with Crippen LogP contribution in [0.5, 0.6) is 0 Å². The lowest BCUT2D eigenvalue weighted by atomic mass is 10.2. The van der Waals surface area contributed by atoms with Gasteiger partial charge in [-0.05, 0) is 6.07 Å². The highest BCUT2D eigenvalue weighted by Gasteiger charge is 2.08. The topological polar surface area (TPSA) is 47.8 Å². The van der Waals surface area contributed by atoms with Crippen molar-refractivity contribution in [3.8, 4) is 0 Å². The summed E-state index contributed by atoms with van der Waals surface area (Å²) in [4.78, 5) is 11.5. The summed E-state index contributed by atoms with van der Waals surface area (Å²) in [5, 5.41) is 10.1. The first-order chi connectivity index (χ1) is 7.66. The molecule has 4 nitrogen and oxygen atoms in total. The summed E-state index contributed by atoms with van der Waals surface area (Å²) >= 11 is 1.56. The van der Waals surface area contributed by atoms with Crippen LogP contribution in [0.1, 0.15) is 29.8 Å². The SMILES string of the molecule is CC(C)c1nnc(Cn2ccccc2=O)s1. The van der Waals surface area contributed by atoms with Gasteiger partial charge in [-0.25, -0.2) is 0 Å². The van der Waals surface area contributed by atoms with Crippen LogP contribution < -0.4 is 5.56 Å². The fourth-order valence-corrected chi connectivity index (χ4v) is 2.14. The molecule has 2 rings (SSSR count). The molecule has 0 spiro atoms. The number of hydrogen-bond acceptors (Lipinski definition) is 4. The maximum absolute atomic E-state index is 11.5. The van der Waals surface area contributed by atoms with E-state index in [-0.39, 0.29) is 5.56 Å². The molecule has 0 aromatic carbocycles. The molecule has 0 bridgehead atoms. The van der Waals surface area contributed by atoms with Crippen LogP contribution >= 0.6 is 11.3 Å². The highest BCUT2D eigenvalue weighted by Crippen LogP contribution is 2.19. The molecule has 0 saturated heterocycles. The van der Waals surface area contributed by atoms with Crippen molar-refractivity contribution in [2.75, 3.05) is 0 Å². The van der Waals surface area contributed by atoms with Crippen molar-refractivity contribution in [2.24, 2.45) is 0 Å². The maximum atomic E-state index is 11.5. The molecule has 0 N–H and O–H groups in total. The van der Waals surface area contributed by atoms with E-state index in [9.17, 15) is 4.79 Å². The van der Waals surface area contributed by atoms with Gasteiger partial charge < -0.3 is 4.57 Å². The van der Waals surface area contributed by atoms with E-state index in [2.05, 4.69) is 24.0 Å². The van der Waals surface area contributed by atoms with Crippen LogP contribution in [0.25, 0.3) is 0 Å². The number of aromatic nitrogens is 3. The predicted molar refractivity (Wildman–Crippen MR) is 63.8 cm³/mol. The largest absolute Gasteiger partial charge is 0.309 e. The van der Waals surface area contributed by atoms with E-state index >= 15 is 0 Å². The molecule has 5 heteroatoms. The third kappa shape index (κ3) is 2.36. The lowest BCUT2D eigenvalue weighted by Crippen LogP contribution is -2.18. The first-order valence-electron chi connectivity index (χ1n) is 5.14. The van der Waals surface area contributed by atoms with Gasteiger partial charge in [-0.1, -0.05) is 31.3 Å². The van der Waals surface area contributed by atoms with Gasteiger partial charge in [0.15, 0.2) is 0 Å². The van der Waals surface area contributed by atoms with Crippen LogP contribution in [0.15, 0.2) is 29.2 Å². The van der Waals surface area contributed by atoms with E-state index in [4.69, 9.17) is 0 Å². The van der Waals surface area contributed by atoms with Crippen molar-refractivity contribution in [2.45, 2.75) is 26.3 Å². The van der Waals surface area contributed by atoms with Gasteiger partial charge in [0.1, 0.15) is 10.0 Å². The maximum Gasteiger partial charge on any atom is 0.250 e. The first-order valence-corrected chi connectivity index (χ1v) is 5.96. The summed E-state index contributed by atoms with van der Waals surface area (Å²) in [7, 11) is 0. The molecule has 0 aliphatic carbocycles. The van der Waals surface area contributed by atoms with Crippen molar-refractivity contribution in [3.63, 3.8) is 0 Å². The van der Waals surface area contributed by atoms with Crippen molar-refractivity contribution >= 4 is 11.3 Å². The second-order valence-corrected chi connectivity index (χ2v) is 4.95. The predicted octanol–water partition coefficient (Wildman–Crippen LogP) is 1.87. The van der Waals surface area contributed by atoms with Crippen molar-refractivity contribution in [1.82, 2.24) is 14.8 Å². The van der Waals surface area contributed by atoms with Gasteiger partial charge >= 0.3 is 0 Å². The fourth-order valence-electron chi connectivity index (χ4n) is 1.30. The Morgan fingerprint density at radius 3 is 2.81 bits per heavy atom. The molecule has 84 valence electrons. The lowest BCUT2D eigenvalue weighted by molar-refractivity contribution is 0.738. The molecule has 0 atom stereocenters. The van der Waals surface area contributed by atoms with Gasteiger partial charge in [-0.3, -0.25) is 4.79 Å². The van der Waals surface area contributed by atoms with Gasteiger partial charge in [0.05, 0.1) is 6.54 Å². The third-order valence-electron chi connectivity index (χ3n) is 2.18. The fraction of sp³-hybridized carbons (Fsp3) is 0.364. The van der Waals surface area contributed by atoms with Crippen molar-refractivity contribution < 1.29 is 0 Å². The average Bonchev–Trinajstić information content (AvgIpc) is 2.70. The Bertz CT molecular complexity index is 530. The van der Waals surface area contributed by atoms with Gasteiger partial charge in [-0.2, -0.15) is 0 Å². The Labute approximate surface area is 97.6 Å². The van der Waals surface area contributed by atoms with Gasteiger partial charge in [0.2, 0.25) is 0 Å². The Balaban J connectivity index is 2.21. The quantitative estimate of drug-likeness (QED) is 0.816. The van der Waals surface area contributed by atoms with E-state index in [1.54, 1.807) is 34.2 Å². The third-order valence-corrected chi connectivity index (χ3v) is 3.39. The monoisotopic (exact) mass is 235 g/mol. The molecule has 16 heavy (non-hydrogen) atoms. The summed E-state index contributed by atoms with van der Waals surface area (Å²) in [6.45, 7) is 4.67. The molecular formula is C11H13N3OS. The number of rotatable bonds is 3. The molecular weight excluding hydrogens is 222 g/mol. The Kier molecular flexibility index (Phi) is 3.14.